The molecule has 1 aromatic carbocycles. The van der Waals surface area contributed by atoms with E-state index in [0.29, 0.717) is 0 Å². The fourth-order valence-corrected chi connectivity index (χ4v) is 2.87. The SMILES string of the molecule is Cc1ccc(C)c(OCCNCCc2ccsc2)c1C. The Morgan fingerprint density at radius 1 is 1.05 bits per heavy atom. The second-order valence-electron chi connectivity index (χ2n) is 5.13. The van der Waals surface area contributed by atoms with Crippen LogP contribution in [0.15, 0.2) is 29.0 Å². The van der Waals surface area contributed by atoms with Crippen molar-refractivity contribution in [3.8, 4) is 5.75 Å². The Labute approximate surface area is 125 Å². The Morgan fingerprint density at radius 2 is 1.85 bits per heavy atom. The van der Waals surface area contributed by atoms with E-state index in [1.165, 1.54) is 22.3 Å². The summed E-state index contributed by atoms with van der Waals surface area (Å²) in [6, 6.07) is 6.46. The molecule has 2 rings (SSSR count). The quantitative estimate of drug-likeness (QED) is 0.781. The largest absolute Gasteiger partial charge is 0.492 e. The molecular formula is C17H23NOS. The summed E-state index contributed by atoms with van der Waals surface area (Å²) in [6.45, 7) is 8.96. The lowest BCUT2D eigenvalue weighted by Crippen LogP contribution is -2.23. The van der Waals surface area contributed by atoms with Crippen LogP contribution in [-0.4, -0.2) is 19.7 Å². The molecule has 0 unspecified atom stereocenters. The van der Waals surface area contributed by atoms with E-state index in [1.807, 2.05) is 0 Å². The summed E-state index contributed by atoms with van der Waals surface area (Å²) in [7, 11) is 0. The second kappa shape index (κ2) is 7.46. The molecule has 0 fully saturated rings. The number of hydrogen-bond acceptors (Lipinski definition) is 3. The van der Waals surface area contributed by atoms with Gasteiger partial charge in [0.05, 0.1) is 0 Å². The minimum absolute atomic E-state index is 0.717. The van der Waals surface area contributed by atoms with Crippen molar-refractivity contribution in [1.82, 2.24) is 5.32 Å². The molecule has 0 saturated carbocycles. The predicted molar refractivity (Wildman–Crippen MR) is 87.0 cm³/mol. The van der Waals surface area contributed by atoms with Gasteiger partial charge in [-0.15, -0.1) is 0 Å². The number of hydrogen-bond donors (Lipinski definition) is 1. The number of thiophene rings is 1. The maximum atomic E-state index is 5.93. The number of ether oxygens (including phenoxy) is 1. The van der Waals surface area contributed by atoms with Crippen molar-refractivity contribution in [2.75, 3.05) is 19.7 Å². The summed E-state index contributed by atoms with van der Waals surface area (Å²) in [4.78, 5) is 0. The summed E-state index contributed by atoms with van der Waals surface area (Å²) in [6.07, 6.45) is 1.09. The second-order valence-corrected chi connectivity index (χ2v) is 5.91. The van der Waals surface area contributed by atoms with Crippen molar-refractivity contribution in [2.45, 2.75) is 27.2 Å². The Bertz CT molecular complexity index is 534. The van der Waals surface area contributed by atoms with Crippen LogP contribution in [0.1, 0.15) is 22.3 Å². The van der Waals surface area contributed by atoms with Crippen LogP contribution in [0.4, 0.5) is 0 Å². The smallest absolute Gasteiger partial charge is 0.125 e. The molecular weight excluding hydrogens is 266 g/mol. The van der Waals surface area contributed by atoms with E-state index in [-0.39, 0.29) is 0 Å². The monoisotopic (exact) mass is 289 g/mol. The van der Waals surface area contributed by atoms with Gasteiger partial charge in [-0.3, -0.25) is 0 Å². The Kier molecular flexibility index (Phi) is 5.62. The molecule has 0 bridgehead atoms. The van der Waals surface area contributed by atoms with Gasteiger partial charge in [-0.25, -0.2) is 0 Å². The molecule has 0 atom stereocenters. The first-order valence-electron chi connectivity index (χ1n) is 7.10. The third-order valence-corrected chi connectivity index (χ3v) is 4.30. The Morgan fingerprint density at radius 3 is 2.60 bits per heavy atom. The van der Waals surface area contributed by atoms with E-state index >= 15 is 0 Å². The first-order valence-corrected chi connectivity index (χ1v) is 8.04. The van der Waals surface area contributed by atoms with Crippen LogP contribution >= 0.6 is 11.3 Å². The van der Waals surface area contributed by atoms with Crippen molar-refractivity contribution >= 4 is 11.3 Å². The number of rotatable bonds is 7. The van der Waals surface area contributed by atoms with E-state index in [2.05, 4.69) is 55.0 Å². The van der Waals surface area contributed by atoms with E-state index in [1.54, 1.807) is 11.3 Å². The Hall–Kier alpha value is -1.32. The van der Waals surface area contributed by atoms with Crippen molar-refractivity contribution in [2.24, 2.45) is 0 Å². The molecule has 0 aliphatic carbocycles. The summed E-state index contributed by atoms with van der Waals surface area (Å²) in [5, 5.41) is 7.76. The highest BCUT2D eigenvalue weighted by Crippen LogP contribution is 2.25. The summed E-state index contributed by atoms with van der Waals surface area (Å²) in [5.41, 5.74) is 5.17. The molecule has 0 spiro atoms. The molecule has 20 heavy (non-hydrogen) atoms. The number of nitrogens with one attached hydrogen (secondary N) is 1. The fraction of sp³-hybridized carbons (Fsp3) is 0.412. The van der Waals surface area contributed by atoms with Crippen LogP contribution in [0.2, 0.25) is 0 Å². The van der Waals surface area contributed by atoms with E-state index < -0.39 is 0 Å². The van der Waals surface area contributed by atoms with Crippen molar-refractivity contribution in [1.29, 1.82) is 0 Å². The molecule has 2 nitrogen and oxygen atoms in total. The van der Waals surface area contributed by atoms with Gasteiger partial charge in [0.15, 0.2) is 0 Å². The van der Waals surface area contributed by atoms with Crippen LogP contribution in [0, 0.1) is 20.8 Å². The molecule has 0 saturated heterocycles. The third kappa shape index (κ3) is 4.09. The molecule has 1 heterocycles. The minimum Gasteiger partial charge on any atom is -0.492 e. The summed E-state index contributed by atoms with van der Waals surface area (Å²) < 4.78 is 5.93. The lowest BCUT2D eigenvalue weighted by Gasteiger charge is -2.14. The predicted octanol–water partition coefficient (Wildman–Crippen LogP) is 3.88. The first kappa shape index (κ1) is 15.1. The highest BCUT2D eigenvalue weighted by atomic mass is 32.1. The van der Waals surface area contributed by atoms with Crippen LogP contribution in [0.25, 0.3) is 0 Å². The standard InChI is InChI=1S/C17H23NOS/c1-13-4-5-14(2)17(15(13)3)19-10-9-18-8-6-16-7-11-20-12-16/h4-5,7,11-12,18H,6,8-10H2,1-3H3. The third-order valence-electron chi connectivity index (χ3n) is 3.57. The molecule has 1 N–H and O–H groups in total. The molecule has 2 aromatic rings. The zero-order valence-electron chi connectivity index (χ0n) is 12.5. The van der Waals surface area contributed by atoms with Gasteiger partial charge in [0.2, 0.25) is 0 Å². The van der Waals surface area contributed by atoms with Crippen molar-refractivity contribution < 1.29 is 4.74 Å². The van der Waals surface area contributed by atoms with E-state index in [4.69, 9.17) is 4.74 Å². The van der Waals surface area contributed by atoms with Crippen LogP contribution < -0.4 is 10.1 Å². The lowest BCUT2D eigenvalue weighted by molar-refractivity contribution is 0.310. The highest BCUT2D eigenvalue weighted by molar-refractivity contribution is 7.07. The van der Waals surface area contributed by atoms with Gasteiger partial charge in [0.1, 0.15) is 12.4 Å². The van der Waals surface area contributed by atoms with E-state index in [0.717, 1.165) is 31.9 Å². The van der Waals surface area contributed by atoms with Crippen LogP contribution in [0.3, 0.4) is 0 Å². The van der Waals surface area contributed by atoms with Gasteiger partial charge < -0.3 is 10.1 Å². The zero-order valence-corrected chi connectivity index (χ0v) is 13.3. The average molecular weight is 289 g/mol. The minimum atomic E-state index is 0.717. The first-order chi connectivity index (χ1) is 9.68. The molecule has 0 aliphatic rings. The normalized spacial score (nSPS) is 10.8. The molecule has 3 heteroatoms. The highest BCUT2D eigenvalue weighted by Gasteiger charge is 2.05. The maximum Gasteiger partial charge on any atom is 0.125 e. The van der Waals surface area contributed by atoms with Crippen LogP contribution in [-0.2, 0) is 6.42 Å². The molecule has 1 aromatic heterocycles. The molecule has 0 radical (unpaired) electrons. The van der Waals surface area contributed by atoms with Gasteiger partial charge in [0.25, 0.3) is 0 Å². The molecule has 108 valence electrons. The van der Waals surface area contributed by atoms with Gasteiger partial charge in [0, 0.05) is 6.54 Å². The number of aryl methyl sites for hydroxylation is 2. The Balaban J connectivity index is 1.70. The molecule has 0 amide bonds. The zero-order chi connectivity index (χ0) is 14.4. The fourth-order valence-electron chi connectivity index (χ4n) is 2.17. The maximum absolute atomic E-state index is 5.93. The van der Waals surface area contributed by atoms with Gasteiger partial charge in [-0.05, 0) is 72.8 Å². The van der Waals surface area contributed by atoms with Gasteiger partial charge in [-0.2, -0.15) is 11.3 Å². The summed E-state index contributed by atoms with van der Waals surface area (Å²) in [5.74, 6) is 1.05. The average Bonchev–Trinajstić information content (AvgIpc) is 2.94. The number of benzene rings is 1. The van der Waals surface area contributed by atoms with Crippen molar-refractivity contribution in [3.05, 3.63) is 51.2 Å². The van der Waals surface area contributed by atoms with Gasteiger partial charge in [-0.1, -0.05) is 12.1 Å². The molecule has 0 aliphatic heterocycles. The van der Waals surface area contributed by atoms with Gasteiger partial charge >= 0.3 is 0 Å². The van der Waals surface area contributed by atoms with Crippen LogP contribution in [0.5, 0.6) is 5.75 Å². The van der Waals surface area contributed by atoms with Crippen molar-refractivity contribution in [3.63, 3.8) is 0 Å². The summed E-state index contributed by atoms with van der Waals surface area (Å²) >= 11 is 1.76. The topological polar surface area (TPSA) is 21.3 Å². The lowest BCUT2D eigenvalue weighted by atomic mass is 10.1. The van der Waals surface area contributed by atoms with E-state index in [9.17, 15) is 0 Å².